The number of hydrogen-bond acceptors (Lipinski definition) is 5. The zero-order valence-corrected chi connectivity index (χ0v) is 8.27. The summed E-state index contributed by atoms with van der Waals surface area (Å²) in [4.78, 5) is 6.14. The van der Waals surface area contributed by atoms with Gasteiger partial charge in [0.2, 0.25) is 5.89 Å². The quantitative estimate of drug-likeness (QED) is 0.718. The first-order valence-electron chi connectivity index (χ1n) is 4.70. The Hall–Kier alpha value is -1.57. The Bertz CT molecular complexity index is 367. The standard InChI is InChI=1S/C9H12N4O/c1-3-13(2)9-11-8(14-12-9)7-4-6(7)5-10/h6-7H,3-4H2,1-2H3. The van der Waals surface area contributed by atoms with Crippen molar-refractivity contribution in [2.45, 2.75) is 19.3 Å². The average Bonchev–Trinajstić information content (AvgIpc) is 2.85. The van der Waals surface area contributed by atoms with Gasteiger partial charge in [0.15, 0.2) is 0 Å². The highest BCUT2D eigenvalue weighted by atomic mass is 16.5. The predicted octanol–water partition coefficient (Wildman–Crippen LogP) is 1.15. The number of nitrogens with zero attached hydrogens (tertiary/aromatic N) is 4. The molecule has 0 spiro atoms. The lowest BCUT2D eigenvalue weighted by Crippen LogP contribution is -2.17. The highest BCUT2D eigenvalue weighted by molar-refractivity contribution is 5.27. The van der Waals surface area contributed by atoms with Crippen molar-refractivity contribution in [3.05, 3.63) is 5.89 Å². The van der Waals surface area contributed by atoms with Gasteiger partial charge in [0.25, 0.3) is 5.95 Å². The van der Waals surface area contributed by atoms with E-state index in [4.69, 9.17) is 9.78 Å². The zero-order valence-electron chi connectivity index (χ0n) is 8.27. The van der Waals surface area contributed by atoms with Gasteiger partial charge < -0.3 is 9.42 Å². The highest BCUT2D eigenvalue weighted by Crippen LogP contribution is 2.46. The van der Waals surface area contributed by atoms with Crippen LogP contribution in [0.4, 0.5) is 5.95 Å². The molecule has 2 rings (SSSR count). The normalized spacial score (nSPS) is 24.4. The minimum Gasteiger partial charge on any atom is -0.342 e. The van der Waals surface area contributed by atoms with Gasteiger partial charge in [-0.1, -0.05) is 0 Å². The number of hydrogen-bond donors (Lipinski definition) is 0. The van der Waals surface area contributed by atoms with Crippen LogP contribution in [0.5, 0.6) is 0 Å². The molecule has 0 N–H and O–H groups in total. The number of rotatable bonds is 3. The predicted molar refractivity (Wildman–Crippen MR) is 49.7 cm³/mol. The molecule has 1 saturated carbocycles. The van der Waals surface area contributed by atoms with Crippen molar-refractivity contribution in [1.82, 2.24) is 10.1 Å². The van der Waals surface area contributed by atoms with E-state index in [1.807, 2.05) is 18.9 Å². The Morgan fingerprint density at radius 1 is 1.71 bits per heavy atom. The van der Waals surface area contributed by atoms with Crippen LogP contribution in [0.3, 0.4) is 0 Å². The minimum atomic E-state index is 0.0789. The highest BCUT2D eigenvalue weighted by Gasteiger charge is 2.43. The van der Waals surface area contributed by atoms with E-state index in [-0.39, 0.29) is 11.8 Å². The van der Waals surface area contributed by atoms with E-state index < -0.39 is 0 Å². The monoisotopic (exact) mass is 192 g/mol. The van der Waals surface area contributed by atoms with Gasteiger partial charge in [-0.2, -0.15) is 10.2 Å². The summed E-state index contributed by atoms with van der Waals surface area (Å²) in [6, 6.07) is 2.20. The molecular formula is C9H12N4O. The topological polar surface area (TPSA) is 66.0 Å². The average molecular weight is 192 g/mol. The smallest absolute Gasteiger partial charge is 0.265 e. The van der Waals surface area contributed by atoms with E-state index in [9.17, 15) is 0 Å². The molecule has 0 radical (unpaired) electrons. The number of aromatic nitrogens is 2. The molecule has 14 heavy (non-hydrogen) atoms. The first kappa shape index (κ1) is 9.00. The van der Waals surface area contributed by atoms with Gasteiger partial charge in [0.1, 0.15) is 0 Å². The van der Waals surface area contributed by atoms with Gasteiger partial charge in [0, 0.05) is 13.6 Å². The lowest BCUT2D eigenvalue weighted by atomic mass is 10.3. The molecule has 1 heterocycles. The van der Waals surface area contributed by atoms with Gasteiger partial charge >= 0.3 is 0 Å². The van der Waals surface area contributed by atoms with Crippen LogP contribution in [0.2, 0.25) is 0 Å². The van der Waals surface area contributed by atoms with Crippen molar-refractivity contribution >= 4 is 5.95 Å². The van der Waals surface area contributed by atoms with E-state index in [0.717, 1.165) is 13.0 Å². The maximum absolute atomic E-state index is 8.65. The summed E-state index contributed by atoms with van der Waals surface area (Å²) in [6.07, 6.45) is 0.855. The molecule has 0 saturated heterocycles. The van der Waals surface area contributed by atoms with Crippen LogP contribution >= 0.6 is 0 Å². The van der Waals surface area contributed by atoms with Gasteiger partial charge in [-0.3, -0.25) is 0 Å². The van der Waals surface area contributed by atoms with Crippen molar-refractivity contribution in [2.24, 2.45) is 5.92 Å². The summed E-state index contributed by atoms with van der Waals surface area (Å²) >= 11 is 0. The van der Waals surface area contributed by atoms with E-state index >= 15 is 0 Å². The summed E-state index contributed by atoms with van der Waals surface area (Å²) < 4.78 is 5.09. The molecule has 0 aromatic carbocycles. The third kappa shape index (κ3) is 1.43. The summed E-state index contributed by atoms with van der Waals surface area (Å²) in [5.74, 6) is 1.46. The Labute approximate surface area is 82.3 Å². The second-order valence-electron chi connectivity index (χ2n) is 3.52. The molecule has 1 aliphatic carbocycles. The van der Waals surface area contributed by atoms with E-state index in [0.29, 0.717) is 11.8 Å². The molecule has 1 aromatic heterocycles. The van der Waals surface area contributed by atoms with Crippen LogP contribution < -0.4 is 4.90 Å². The van der Waals surface area contributed by atoms with Crippen LogP contribution in [0.25, 0.3) is 0 Å². The first-order chi connectivity index (χ1) is 6.76. The molecule has 5 heteroatoms. The van der Waals surface area contributed by atoms with Crippen molar-refractivity contribution in [2.75, 3.05) is 18.5 Å². The van der Waals surface area contributed by atoms with Gasteiger partial charge in [-0.15, -0.1) is 0 Å². The summed E-state index contributed by atoms with van der Waals surface area (Å²) in [6.45, 7) is 2.86. The molecule has 2 unspecified atom stereocenters. The van der Waals surface area contributed by atoms with E-state index in [2.05, 4.69) is 16.2 Å². The van der Waals surface area contributed by atoms with Gasteiger partial charge in [-0.25, -0.2) is 0 Å². The third-order valence-electron chi connectivity index (χ3n) is 2.52. The molecule has 5 nitrogen and oxygen atoms in total. The van der Waals surface area contributed by atoms with Crippen molar-refractivity contribution in [3.8, 4) is 6.07 Å². The van der Waals surface area contributed by atoms with Gasteiger partial charge in [0.05, 0.1) is 17.9 Å². The fraction of sp³-hybridized carbons (Fsp3) is 0.667. The van der Waals surface area contributed by atoms with Crippen LogP contribution in [0.15, 0.2) is 4.52 Å². The van der Waals surface area contributed by atoms with Gasteiger partial charge in [-0.05, 0) is 18.5 Å². The largest absolute Gasteiger partial charge is 0.342 e. The number of anilines is 1. The molecular weight excluding hydrogens is 180 g/mol. The van der Waals surface area contributed by atoms with E-state index in [1.165, 1.54) is 0 Å². The van der Waals surface area contributed by atoms with Crippen molar-refractivity contribution < 1.29 is 4.52 Å². The maximum Gasteiger partial charge on any atom is 0.265 e. The second kappa shape index (κ2) is 3.29. The maximum atomic E-state index is 8.65. The Morgan fingerprint density at radius 3 is 3.07 bits per heavy atom. The fourth-order valence-electron chi connectivity index (χ4n) is 1.28. The molecule has 0 amide bonds. The summed E-state index contributed by atoms with van der Waals surface area (Å²) in [5.41, 5.74) is 0. The van der Waals surface area contributed by atoms with Crippen LogP contribution in [-0.4, -0.2) is 23.7 Å². The fourth-order valence-corrected chi connectivity index (χ4v) is 1.28. The zero-order chi connectivity index (χ0) is 10.1. The molecule has 74 valence electrons. The Morgan fingerprint density at radius 2 is 2.50 bits per heavy atom. The molecule has 1 fully saturated rings. The third-order valence-corrected chi connectivity index (χ3v) is 2.52. The van der Waals surface area contributed by atoms with Crippen LogP contribution in [0.1, 0.15) is 25.2 Å². The molecule has 1 aliphatic rings. The lowest BCUT2D eigenvalue weighted by molar-refractivity contribution is 0.377. The van der Waals surface area contributed by atoms with Crippen LogP contribution in [-0.2, 0) is 0 Å². The molecule has 0 bridgehead atoms. The van der Waals surface area contributed by atoms with E-state index in [1.54, 1.807) is 0 Å². The van der Waals surface area contributed by atoms with Crippen molar-refractivity contribution in [1.29, 1.82) is 5.26 Å². The van der Waals surface area contributed by atoms with Crippen LogP contribution in [0, 0.1) is 17.2 Å². The summed E-state index contributed by atoms with van der Waals surface area (Å²) in [5, 5.41) is 12.5. The molecule has 0 aliphatic heterocycles. The second-order valence-corrected chi connectivity index (χ2v) is 3.52. The lowest BCUT2D eigenvalue weighted by Gasteiger charge is -2.08. The minimum absolute atomic E-state index is 0.0789. The Balaban J connectivity index is 2.08. The summed E-state index contributed by atoms with van der Waals surface area (Å²) in [7, 11) is 1.91. The number of nitriles is 1. The van der Waals surface area contributed by atoms with Crippen molar-refractivity contribution in [3.63, 3.8) is 0 Å². The molecule has 2 atom stereocenters. The first-order valence-corrected chi connectivity index (χ1v) is 4.70. The molecule has 1 aromatic rings. The Kier molecular flexibility index (Phi) is 2.12. The SMILES string of the molecule is CCN(C)c1noc(C2CC2C#N)n1.